The van der Waals surface area contributed by atoms with Gasteiger partial charge in [-0.1, -0.05) is 36.4 Å². The molecule has 1 N–H and O–H groups in total. The standard InChI is InChI=1S/C21H22F3N3OS2/c1-27(14-21(22,23)24)11-6-10-25-18(28)13-17-19(16-9-5-12-29-16)26-20(30-17)15-7-3-2-4-8-15/h2-5,7-9,12H,6,10-11,13-14H2,1H3,(H,25,28). The lowest BCUT2D eigenvalue weighted by atomic mass is 10.2. The van der Waals surface area contributed by atoms with Gasteiger partial charge in [0.2, 0.25) is 5.91 Å². The highest BCUT2D eigenvalue weighted by Crippen LogP contribution is 2.36. The molecule has 0 aliphatic heterocycles. The molecule has 2 heterocycles. The molecule has 0 radical (unpaired) electrons. The highest BCUT2D eigenvalue weighted by atomic mass is 32.1. The van der Waals surface area contributed by atoms with Crippen molar-refractivity contribution in [3.63, 3.8) is 0 Å². The van der Waals surface area contributed by atoms with Gasteiger partial charge in [-0.3, -0.25) is 9.69 Å². The summed E-state index contributed by atoms with van der Waals surface area (Å²) in [6.45, 7) is -0.354. The van der Waals surface area contributed by atoms with E-state index >= 15 is 0 Å². The number of aromatic nitrogens is 1. The Labute approximate surface area is 181 Å². The Morgan fingerprint density at radius 3 is 2.60 bits per heavy atom. The molecule has 30 heavy (non-hydrogen) atoms. The van der Waals surface area contributed by atoms with Crippen molar-refractivity contribution in [1.82, 2.24) is 15.2 Å². The number of amides is 1. The molecular weight excluding hydrogens is 431 g/mol. The van der Waals surface area contributed by atoms with E-state index in [1.165, 1.54) is 23.3 Å². The number of carbonyl (C=O) groups excluding carboxylic acids is 1. The van der Waals surface area contributed by atoms with Crippen molar-refractivity contribution in [3.8, 4) is 21.1 Å². The minimum Gasteiger partial charge on any atom is -0.356 e. The first kappa shape index (κ1) is 22.5. The number of halogens is 3. The second kappa shape index (κ2) is 10.2. The molecule has 1 aromatic carbocycles. The summed E-state index contributed by atoms with van der Waals surface area (Å²) in [5, 5.41) is 5.63. The summed E-state index contributed by atoms with van der Waals surface area (Å²) < 4.78 is 37.0. The zero-order valence-corrected chi connectivity index (χ0v) is 18.0. The van der Waals surface area contributed by atoms with Gasteiger partial charge < -0.3 is 5.32 Å². The summed E-state index contributed by atoms with van der Waals surface area (Å²) >= 11 is 3.06. The summed E-state index contributed by atoms with van der Waals surface area (Å²) in [4.78, 5) is 20.3. The van der Waals surface area contributed by atoms with Crippen LogP contribution in [0.25, 0.3) is 21.1 Å². The van der Waals surface area contributed by atoms with E-state index < -0.39 is 12.7 Å². The molecule has 0 bridgehead atoms. The molecule has 0 saturated carbocycles. The van der Waals surface area contributed by atoms with Gasteiger partial charge in [0.1, 0.15) is 5.01 Å². The van der Waals surface area contributed by atoms with Crippen molar-refractivity contribution in [1.29, 1.82) is 0 Å². The van der Waals surface area contributed by atoms with Crippen LogP contribution in [0.2, 0.25) is 0 Å². The van der Waals surface area contributed by atoms with Gasteiger partial charge in [-0.25, -0.2) is 4.98 Å². The largest absolute Gasteiger partial charge is 0.401 e. The monoisotopic (exact) mass is 453 g/mol. The Kier molecular flexibility index (Phi) is 7.63. The van der Waals surface area contributed by atoms with E-state index in [4.69, 9.17) is 4.98 Å². The molecule has 160 valence electrons. The van der Waals surface area contributed by atoms with E-state index in [9.17, 15) is 18.0 Å². The summed E-state index contributed by atoms with van der Waals surface area (Å²) in [6.07, 6.45) is -3.57. The Balaban J connectivity index is 1.60. The molecule has 0 aliphatic carbocycles. The van der Waals surface area contributed by atoms with Gasteiger partial charge in [0, 0.05) is 17.0 Å². The normalized spacial score (nSPS) is 11.8. The van der Waals surface area contributed by atoms with Crippen LogP contribution in [0.1, 0.15) is 11.3 Å². The highest BCUT2D eigenvalue weighted by Gasteiger charge is 2.28. The molecule has 3 aromatic rings. The minimum absolute atomic E-state index is 0.158. The smallest absolute Gasteiger partial charge is 0.356 e. The fourth-order valence-electron chi connectivity index (χ4n) is 2.95. The molecule has 4 nitrogen and oxygen atoms in total. The van der Waals surface area contributed by atoms with Gasteiger partial charge in [-0.05, 0) is 31.5 Å². The third-order valence-corrected chi connectivity index (χ3v) is 6.26. The van der Waals surface area contributed by atoms with Crippen LogP contribution in [-0.4, -0.2) is 48.6 Å². The average molecular weight is 454 g/mol. The molecule has 0 aliphatic rings. The summed E-state index contributed by atoms with van der Waals surface area (Å²) in [6, 6.07) is 13.7. The van der Waals surface area contributed by atoms with Gasteiger partial charge in [0.25, 0.3) is 0 Å². The fourth-order valence-corrected chi connectivity index (χ4v) is 4.84. The number of rotatable bonds is 9. The Morgan fingerprint density at radius 2 is 1.93 bits per heavy atom. The maximum Gasteiger partial charge on any atom is 0.401 e. The number of benzene rings is 1. The van der Waals surface area contributed by atoms with E-state index in [0.29, 0.717) is 13.0 Å². The fraction of sp³-hybridized carbons (Fsp3) is 0.333. The van der Waals surface area contributed by atoms with Crippen LogP contribution in [0, 0.1) is 0 Å². The first-order valence-corrected chi connectivity index (χ1v) is 11.1. The van der Waals surface area contributed by atoms with Gasteiger partial charge in [0.15, 0.2) is 0 Å². The van der Waals surface area contributed by atoms with E-state index in [-0.39, 0.29) is 18.9 Å². The maximum absolute atomic E-state index is 12.4. The quantitative estimate of drug-likeness (QED) is 0.460. The first-order valence-electron chi connectivity index (χ1n) is 9.43. The number of thiazole rings is 1. The van der Waals surface area contributed by atoms with Crippen LogP contribution in [0.5, 0.6) is 0 Å². The van der Waals surface area contributed by atoms with Crippen molar-refractivity contribution < 1.29 is 18.0 Å². The zero-order valence-electron chi connectivity index (χ0n) is 16.4. The van der Waals surface area contributed by atoms with E-state index in [2.05, 4.69) is 5.32 Å². The molecule has 0 atom stereocenters. The third-order valence-electron chi connectivity index (χ3n) is 4.28. The van der Waals surface area contributed by atoms with E-state index in [1.807, 2.05) is 47.8 Å². The molecule has 3 rings (SSSR count). The molecular formula is C21H22F3N3OS2. The molecule has 0 saturated heterocycles. The second-order valence-corrected chi connectivity index (χ2v) is 8.90. The van der Waals surface area contributed by atoms with Crippen LogP contribution < -0.4 is 5.32 Å². The Hall–Kier alpha value is -2.23. The molecule has 0 fully saturated rings. The van der Waals surface area contributed by atoms with Crippen molar-refractivity contribution in [2.45, 2.75) is 19.0 Å². The van der Waals surface area contributed by atoms with Crippen molar-refractivity contribution in [2.75, 3.05) is 26.7 Å². The van der Waals surface area contributed by atoms with Crippen molar-refractivity contribution in [3.05, 3.63) is 52.7 Å². The molecule has 0 spiro atoms. The Morgan fingerprint density at radius 1 is 1.17 bits per heavy atom. The van der Waals surface area contributed by atoms with E-state index in [1.54, 1.807) is 11.3 Å². The highest BCUT2D eigenvalue weighted by molar-refractivity contribution is 7.17. The number of alkyl halides is 3. The van der Waals surface area contributed by atoms with Crippen LogP contribution in [0.4, 0.5) is 13.2 Å². The second-order valence-electron chi connectivity index (χ2n) is 6.87. The summed E-state index contributed by atoms with van der Waals surface area (Å²) in [5.41, 5.74) is 1.81. The number of thiophene rings is 1. The predicted octanol–water partition coefficient (Wildman–Crippen LogP) is 5.08. The van der Waals surface area contributed by atoms with Crippen LogP contribution in [0.15, 0.2) is 47.8 Å². The molecule has 2 aromatic heterocycles. The van der Waals surface area contributed by atoms with Gasteiger partial charge in [-0.15, -0.1) is 22.7 Å². The number of nitrogens with one attached hydrogen (secondary N) is 1. The lowest BCUT2D eigenvalue weighted by Gasteiger charge is -2.18. The van der Waals surface area contributed by atoms with Crippen LogP contribution in [-0.2, 0) is 11.2 Å². The minimum atomic E-state index is -4.21. The zero-order chi connectivity index (χ0) is 21.6. The first-order chi connectivity index (χ1) is 14.3. The van der Waals surface area contributed by atoms with Crippen molar-refractivity contribution >= 4 is 28.6 Å². The molecule has 9 heteroatoms. The van der Waals surface area contributed by atoms with E-state index in [0.717, 1.165) is 26.0 Å². The molecule has 1 amide bonds. The number of nitrogens with zero attached hydrogens (tertiary/aromatic N) is 2. The van der Waals surface area contributed by atoms with Crippen molar-refractivity contribution in [2.24, 2.45) is 0 Å². The summed E-state index contributed by atoms with van der Waals surface area (Å²) in [7, 11) is 1.42. The number of carbonyl (C=O) groups is 1. The number of hydrogen-bond donors (Lipinski definition) is 1. The predicted molar refractivity (Wildman–Crippen MR) is 116 cm³/mol. The third kappa shape index (κ3) is 6.65. The average Bonchev–Trinajstić information content (AvgIpc) is 3.34. The number of hydrogen-bond acceptors (Lipinski definition) is 5. The summed E-state index contributed by atoms with van der Waals surface area (Å²) in [5.74, 6) is -0.158. The Bertz CT molecular complexity index is 940. The van der Waals surface area contributed by atoms with Gasteiger partial charge in [-0.2, -0.15) is 13.2 Å². The maximum atomic E-state index is 12.4. The van der Waals surface area contributed by atoms with Crippen LogP contribution in [0.3, 0.4) is 0 Å². The molecule has 0 unspecified atom stereocenters. The van der Waals surface area contributed by atoms with Gasteiger partial charge in [0.05, 0.1) is 23.5 Å². The van der Waals surface area contributed by atoms with Crippen LogP contribution >= 0.6 is 22.7 Å². The lowest BCUT2D eigenvalue weighted by molar-refractivity contribution is -0.143. The SMILES string of the molecule is CN(CCCNC(=O)Cc1sc(-c2ccccc2)nc1-c1cccs1)CC(F)(F)F. The lowest BCUT2D eigenvalue weighted by Crippen LogP contribution is -2.34. The topological polar surface area (TPSA) is 45.2 Å². The van der Waals surface area contributed by atoms with Gasteiger partial charge >= 0.3 is 6.18 Å².